The molecule has 128 valence electrons. The Kier molecular flexibility index (Phi) is 4.19. The van der Waals surface area contributed by atoms with Crippen molar-refractivity contribution in [3.63, 3.8) is 0 Å². The molecule has 9 heteroatoms. The zero-order chi connectivity index (χ0) is 16.7. The zero-order valence-corrected chi connectivity index (χ0v) is 13.4. The third-order valence-electron chi connectivity index (χ3n) is 3.91. The Balaban J connectivity index is 1.61. The maximum Gasteiger partial charge on any atom is 0.586 e. The maximum atomic E-state index is 13.2. The predicted octanol–water partition coefficient (Wildman–Crippen LogP) is 1.38. The summed E-state index contributed by atoms with van der Waals surface area (Å²) in [6.07, 6.45) is -1.64. The molecular weight excluding hydrogens is 330 g/mol. The summed E-state index contributed by atoms with van der Waals surface area (Å²) in [5, 5.41) is 0. The lowest BCUT2D eigenvalue weighted by Crippen LogP contribution is -2.30. The quantitative estimate of drug-likeness (QED) is 0.871. The molecule has 1 aromatic rings. The number of sulfonamides is 1. The molecular formula is C14H18F2N2O4S. The van der Waals surface area contributed by atoms with Gasteiger partial charge in [-0.15, -0.1) is 8.78 Å². The molecule has 1 unspecified atom stereocenters. The van der Waals surface area contributed by atoms with Crippen LogP contribution in [0.2, 0.25) is 0 Å². The molecule has 1 N–H and O–H groups in total. The molecule has 2 aliphatic heterocycles. The summed E-state index contributed by atoms with van der Waals surface area (Å²) in [6, 6.07) is 4.83. The summed E-state index contributed by atoms with van der Waals surface area (Å²) >= 11 is 0. The van der Waals surface area contributed by atoms with E-state index in [2.05, 4.69) is 19.1 Å². The number of nitrogens with one attached hydrogen (secondary N) is 1. The van der Waals surface area contributed by atoms with Gasteiger partial charge < -0.3 is 9.47 Å². The lowest BCUT2D eigenvalue weighted by Gasteiger charge is -2.17. The second kappa shape index (κ2) is 5.88. The van der Waals surface area contributed by atoms with Gasteiger partial charge in [0, 0.05) is 25.2 Å². The van der Waals surface area contributed by atoms with E-state index in [1.54, 1.807) is 12.1 Å². The minimum Gasteiger partial charge on any atom is -0.395 e. The van der Waals surface area contributed by atoms with Crippen LogP contribution in [-0.2, 0) is 16.6 Å². The van der Waals surface area contributed by atoms with Gasteiger partial charge in [0.05, 0.1) is 6.26 Å². The van der Waals surface area contributed by atoms with Gasteiger partial charge in [0.2, 0.25) is 10.0 Å². The number of alkyl halides is 2. The molecule has 3 rings (SSSR count). The number of benzene rings is 1. The summed E-state index contributed by atoms with van der Waals surface area (Å²) in [6.45, 7) is 2.32. The van der Waals surface area contributed by atoms with Gasteiger partial charge in [0.1, 0.15) is 0 Å². The van der Waals surface area contributed by atoms with Crippen molar-refractivity contribution in [2.24, 2.45) is 5.92 Å². The third-order valence-corrected chi connectivity index (χ3v) is 4.60. The highest BCUT2D eigenvalue weighted by molar-refractivity contribution is 7.88. The molecule has 1 saturated heterocycles. The number of para-hydroxylation sites is 1. The van der Waals surface area contributed by atoms with E-state index in [1.807, 2.05) is 0 Å². The average Bonchev–Trinajstić information content (AvgIpc) is 2.99. The van der Waals surface area contributed by atoms with E-state index in [-0.39, 0.29) is 17.4 Å². The zero-order valence-electron chi connectivity index (χ0n) is 12.6. The lowest BCUT2D eigenvalue weighted by atomic mass is 10.1. The Labute approximate surface area is 133 Å². The molecule has 0 bridgehead atoms. The number of ether oxygens (including phenoxy) is 2. The first-order valence-electron chi connectivity index (χ1n) is 7.26. The maximum absolute atomic E-state index is 13.2. The van der Waals surface area contributed by atoms with Gasteiger partial charge in [-0.3, -0.25) is 4.90 Å². The third kappa shape index (κ3) is 4.10. The standard InChI is InChI=1S/C14H18F2N2O4S/c1-23(19,20)17-7-10-5-6-18(8-10)9-11-3-2-4-12-13(11)22-14(15,16)21-12/h2-4,10,17H,5-9H2,1H3. The van der Waals surface area contributed by atoms with Gasteiger partial charge in [0.25, 0.3) is 0 Å². The molecule has 0 saturated carbocycles. The number of nitrogens with zero attached hydrogens (tertiary/aromatic N) is 1. The Morgan fingerprint density at radius 3 is 2.91 bits per heavy atom. The second-order valence-electron chi connectivity index (χ2n) is 5.92. The summed E-state index contributed by atoms with van der Waals surface area (Å²) in [5.74, 6) is 0.331. The second-order valence-corrected chi connectivity index (χ2v) is 7.76. The predicted molar refractivity (Wildman–Crippen MR) is 78.9 cm³/mol. The SMILES string of the molecule is CS(=O)(=O)NCC1CCN(Cc2cccc3c2OC(F)(F)O3)C1. The van der Waals surface area contributed by atoms with Gasteiger partial charge in [-0.05, 0) is 24.9 Å². The Morgan fingerprint density at radius 1 is 1.39 bits per heavy atom. The topological polar surface area (TPSA) is 67.9 Å². The molecule has 23 heavy (non-hydrogen) atoms. The first kappa shape index (κ1) is 16.4. The minimum atomic E-state index is -3.62. The van der Waals surface area contributed by atoms with Gasteiger partial charge in [-0.25, -0.2) is 13.1 Å². The van der Waals surface area contributed by atoms with E-state index < -0.39 is 16.3 Å². The summed E-state index contributed by atoms with van der Waals surface area (Å²) < 4.78 is 60.1. The van der Waals surface area contributed by atoms with Crippen LogP contribution in [0.1, 0.15) is 12.0 Å². The van der Waals surface area contributed by atoms with Crippen LogP contribution in [0.5, 0.6) is 11.5 Å². The number of rotatable bonds is 5. The average molecular weight is 348 g/mol. The fourth-order valence-electron chi connectivity index (χ4n) is 2.88. The van der Waals surface area contributed by atoms with Gasteiger partial charge in [0.15, 0.2) is 11.5 Å². The van der Waals surface area contributed by atoms with Gasteiger partial charge >= 0.3 is 6.29 Å². The molecule has 0 radical (unpaired) electrons. The van der Waals surface area contributed by atoms with Crippen LogP contribution >= 0.6 is 0 Å². The highest BCUT2D eigenvalue weighted by atomic mass is 32.2. The van der Waals surface area contributed by atoms with Gasteiger partial charge in [-0.2, -0.15) is 0 Å². The van der Waals surface area contributed by atoms with Crippen LogP contribution < -0.4 is 14.2 Å². The van der Waals surface area contributed by atoms with Crippen LogP contribution in [0.4, 0.5) is 8.78 Å². The van der Waals surface area contributed by atoms with Crippen molar-refractivity contribution in [3.8, 4) is 11.5 Å². The summed E-state index contributed by atoms with van der Waals surface area (Å²) in [7, 11) is -3.20. The number of fused-ring (bicyclic) bond motifs is 1. The van der Waals surface area contributed by atoms with Crippen molar-refractivity contribution in [1.29, 1.82) is 0 Å². The van der Waals surface area contributed by atoms with Crippen molar-refractivity contribution in [3.05, 3.63) is 23.8 Å². The van der Waals surface area contributed by atoms with Crippen molar-refractivity contribution in [1.82, 2.24) is 9.62 Å². The van der Waals surface area contributed by atoms with Crippen LogP contribution in [0.15, 0.2) is 18.2 Å². The van der Waals surface area contributed by atoms with E-state index >= 15 is 0 Å². The summed E-state index contributed by atoms with van der Waals surface area (Å²) in [5.41, 5.74) is 0.636. The van der Waals surface area contributed by atoms with E-state index in [0.717, 1.165) is 19.2 Å². The van der Waals surface area contributed by atoms with Crippen LogP contribution in [0, 0.1) is 5.92 Å². The van der Waals surface area contributed by atoms with Gasteiger partial charge in [-0.1, -0.05) is 12.1 Å². The first-order chi connectivity index (χ1) is 10.7. The van der Waals surface area contributed by atoms with Crippen LogP contribution in [-0.4, -0.2) is 45.5 Å². The van der Waals surface area contributed by atoms with E-state index in [0.29, 0.717) is 25.2 Å². The fraction of sp³-hybridized carbons (Fsp3) is 0.571. The number of hydrogen-bond donors (Lipinski definition) is 1. The number of halogens is 2. The lowest BCUT2D eigenvalue weighted by molar-refractivity contribution is -0.287. The molecule has 0 aromatic heterocycles. The highest BCUT2D eigenvalue weighted by Crippen LogP contribution is 2.43. The van der Waals surface area contributed by atoms with E-state index in [9.17, 15) is 17.2 Å². The smallest absolute Gasteiger partial charge is 0.395 e. The van der Waals surface area contributed by atoms with Crippen molar-refractivity contribution >= 4 is 10.0 Å². The van der Waals surface area contributed by atoms with E-state index in [1.165, 1.54) is 6.07 Å². The monoisotopic (exact) mass is 348 g/mol. The largest absolute Gasteiger partial charge is 0.586 e. The first-order valence-corrected chi connectivity index (χ1v) is 9.16. The molecule has 0 spiro atoms. The normalized spacial score (nSPS) is 23.3. The van der Waals surface area contributed by atoms with Crippen molar-refractivity contribution in [2.75, 3.05) is 25.9 Å². The number of likely N-dealkylation sites (tertiary alicyclic amines) is 1. The van der Waals surface area contributed by atoms with Crippen molar-refractivity contribution < 1.29 is 26.7 Å². The van der Waals surface area contributed by atoms with Crippen molar-refractivity contribution in [2.45, 2.75) is 19.3 Å². The van der Waals surface area contributed by atoms with Crippen LogP contribution in [0.25, 0.3) is 0 Å². The van der Waals surface area contributed by atoms with Crippen LogP contribution in [0.3, 0.4) is 0 Å². The molecule has 1 aromatic carbocycles. The minimum absolute atomic E-state index is 0.0435. The van der Waals surface area contributed by atoms with E-state index in [4.69, 9.17) is 0 Å². The fourth-order valence-corrected chi connectivity index (χ4v) is 3.42. The molecule has 0 amide bonds. The molecule has 1 fully saturated rings. The Morgan fingerprint density at radius 2 is 2.17 bits per heavy atom. The molecule has 1 atom stereocenters. The number of hydrogen-bond acceptors (Lipinski definition) is 5. The summed E-state index contributed by atoms with van der Waals surface area (Å²) in [4.78, 5) is 2.09. The Hall–Kier alpha value is -1.45. The molecule has 2 aliphatic rings. The molecule has 0 aliphatic carbocycles. The Bertz CT molecular complexity index is 696. The highest BCUT2D eigenvalue weighted by Gasteiger charge is 2.44. The molecule has 6 nitrogen and oxygen atoms in total. The molecule has 2 heterocycles.